The van der Waals surface area contributed by atoms with E-state index in [0.717, 1.165) is 38.3 Å². The van der Waals surface area contributed by atoms with Crippen LogP contribution < -0.4 is 0 Å². The van der Waals surface area contributed by atoms with Crippen LogP contribution in [0.4, 0.5) is 4.79 Å². The van der Waals surface area contributed by atoms with Crippen LogP contribution in [0.3, 0.4) is 0 Å². The quantitative estimate of drug-likeness (QED) is 0.717. The van der Waals surface area contributed by atoms with Crippen molar-refractivity contribution < 1.29 is 9.59 Å². The minimum Gasteiger partial charge on any atom is -0.325 e. The van der Waals surface area contributed by atoms with E-state index >= 15 is 0 Å². The van der Waals surface area contributed by atoms with Gasteiger partial charge in [-0.05, 0) is 25.2 Å². The second-order valence-corrected chi connectivity index (χ2v) is 5.72. The molecule has 0 bridgehead atoms. The SMILES string of the molecule is CCC1CN(C(=O)N2CCC(C)CC2)CCC1=O. The van der Waals surface area contributed by atoms with Gasteiger partial charge in [0.1, 0.15) is 5.78 Å². The molecule has 4 nitrogen and oxygen atoms in total. The van der Waals surface area contributed by atoms with Gasteiger partial charge in [0.2, 0.25) is 0 Å². The number of hydrogen-bond donors (Lipinski definition) is 0. The molecule has 2 heterocycles. The van der Waals surface area contributed by atoms with Crippen LogP contribution in [-0.2, 0) is 4.79 Å². The van der Waals surface area contributed by atoms with Crippen LogP contribution in [0.5, 0.6) is 0 Å². The van der Waals surface area contributed by atoms with E-state index in [-0.39, 0.29) is 11.9 Å². The van der Waals surface area contributed by atoms with Crippen molar-refractivity contribution in [3.05, 3.63) is 0 Å². The van der Waals surface area contributed by atoms with Crippen LogP contribution in [0, 0.1) is 11.8 Å². The largest absolute Gasteiger partial charge is 0.325 e. The molecular weight excluding hydrogens is 228 g/mol. The van der Waals surface area contributed by atoms with Gasteiger partial charge in [-0.25, -0.2) is 4.79 Å². The molecule has 0 spiro atoms. The summed E-state index contributed by atoms with van der Waals surface area (Å²) in [5.74, 6) is 1.13. The maximum absolute atomic E-state index is 12.4. The molecule has 2 rings (SSSR count). The first-order chi connectivity index (χ1) is 8.61. The number of nitrogens with zero attached hydrogens (tertiary/aromatic N) is 2. The van der Waals surface area contributed by atoms with Crippen molar-refractivity contribution in [2.75, 3.05) is 26.2 Å². The molecule has 0 aliphatic carbocycles. The molecule has 2 saturated heterocycles. The molecule has 2 aliphatic rings. The summed E-state index contributed by atoms with van der Waals surface area (Å²) < 4.78 is 0. The van der Waals surface area contributed by atoms with Crippen LogP contribution in [0.1, 0.15) is 39.5 Å². The number of hydrogen-bond acceptors (Lipinski definition) is 2. The topological polar surface area (TPSA) is 40.6 Å². The molecule has 0 aromatic carbocycles. The fourth-order valence-electron chi connectivity index (χ4n) is 2.84. The fourth-order valence-corrected chi connectivity index (χ4v) is 2.84. The van der Waals surface area contributed by atoms with Crippen molar-refractivity contribution in [2.24, 2.45) is 11.8 Å². The van der Waals surface area contributed by atoms with Crippen LogP contribution in [0.25, 0.3) is 0 Å². The Morgan fingerprint density at radius 1 is 1.22 bits per heavy atom. The lowest BCUT2D eigenvalue weighted by Gasteiger charge is -2.38. The predicted molar refractivity (Wildman–Crippen MR) is 70.3 cm³/mol. The van der Waals surface area contributed by atoms with Crippen molar-refractivity contribution in [2.45, 2.75) is 39.5 Å². The van der Waals surface area contributed by atoms with Gasteiger partial charge in [-0.1, -0.05) is 13.8 Å². The number of rotatable bonds is 1. The van der Waals surface area contributed by atoms with Gasteiger partial charge in [-0.3, -0.25) is 4.79 Å². The Morgan fingerprint density at radius 3 is 2.50 bits per heavy atom. The van der Waals surface area contributed by atoms with E-state index in [1.54, 1.807) is 0 Å². The van der Waals surface area contributed by atoms with Gasteiger partial charge in [0, 0.05) is 38.5 Å². The number of carbonyl (C=O) groups is 2. The molecule has 1 atom stereocenters. The van der Waals surface area contributed by atoms with Gasteiger partial charge >= 0.3 is 6.03 Å². The van der Waals surface area contributed by atoms with Crippen molar-refractivity contribution in [1.29, 1.82) is 0 Å². The zero-order valence-electron chi connectivity index (χ0n) is 11.5. The molecule has 102 valence electrons. The second kappa shape index (κ2) is 5.72. The number of ketones is 1. The van der Waals surface area contributed by atoms with Gasteiger partial charge in [0.15, 0.2) is 0 Å². The number of piperidine rings is 2. The molecular formula is C14H24N2O2. The Labute approximate surface area is 109 Å². The van der Waals surface area contributed by atoms with Gasteiger partial charge in [-0.15, -0.1) is 0 Å². The number of Topliss-reactive ketones (excluding diaryl/α,β-unsaturated/α-hetero) is 1. The molecule has 0 radical (unpaired) electrons. The third-order valence-corrected chi connectivity index (χ3v) is 4.34. The van der Waals surface area contributed by atoms with E-state index in [1.165, 1.54) is 0 Å². The number of urea groups is 1. The normalized spacial score (nSPS) is 26.6. The molecule has 0 aromatic heterocycles. The Hall–Kier alpha value is -1.06. The van der Waals surface area contributed by atoms with Crippen molar-refractivity contribution >= 4 is 11.8 Å². The highest BCUT2D eigenvalue weighted by Crippen LogP contribution is 2.21. The summed E-state index contributed by atoms with van der Waals surface area (Å²) in [5, 5.41) is 0. The van der Waals surface area contributed by atoms with Crippen LogP contribution in [0.15, 0.2) is 0 Å². The summed E-state index contributed by atoms with van der Waals surface area (Å²) in [4.78, 5) is 27.9. The third-order valence-electron chi connectivity index (χ3n) is 4.34. The molecule has 2 aliphatic heterocycles. The average molecular weight is 252 g/mol. The van der Waals surface area contributed by atoms with Crippen molar-refractivity contribution in [1.82, 2.24) is 9.80 Å². The summed E-state index contributed by atoms with van der Waals surface area (Å²) in [6.07, 6.45) is 3.60. The number of amides is 2. The minimum absolute atomic E-state index is 0.0615. The van der Waals surface area contributed by atoms with E-state index in [1.807, 2.05) is 16.7 Å². The third kappa shape index (κ3) is 2.85. The number of carbonyl (C=O) groups excluding carboxylic acids is 2. The zero-order chi connectivity index (χ0) is 13.1. The van der Waals surface area contributed by atoms with Gasteiger partial charge in [0.25, 0.3) is 0 Å². The molecule has 0 N–H and O–H groups in total. The first-order valence-electron chi connectivity index (χ1n) is 7.18. The highest BCUT2D eigenvalue weighted by molar-refractivity contribution is 5.84. The summed E-state index contributed by atoms with van der Waals surface area (Å²) in [6.45, 7) is 7.26. The van der Waals surface area contributed by atoms with Gasteiger partial charge < -0.3 is 9.80 Å². The fraction of sp³-hybridized carbons (Fsp3) is 0.857. The summed E-state index contributed by atoms with van der Waals surface area (Å²) >= 11 is 0. The summed E-state index contributed by atoms with van der Waals surface area (Å²) in [7, 11) is 0. The second-order valence-electron chi connectivity index (χ2n) is 5.72. The standard InChI is InChI=1S/C14H24N2O2/c1-3-12-10-16(9-6-13(12)17)14(18)15-7-4-11(2)5-8-15/h11-12H,3-10H2,1-2H3. The Morgan fingerprint density at radius 2 is 1.89 bits per heavy atom. The lowest BCUT2D eigenvalue weighted by atomic mass is 9.94. The number of likely N-dealkylation sites (tertiary alicyclic amines) is 2. The molecule has 1 unspecified atom stereocenters. The molecule has 4 heteroatoms. The van der Waals surface area contributed by atoms with Gasteiger partial charge in [-0.2, -0.15) is 0 Å². The highest BCUT2D eigenvalue weighted by atomic mass is 16.2. The lowest BCUT2D eigenvalue weighted by Crippen LogP contribution is -2.51. The molecule has 18 heavy (non-hydrogen) atoms. The Balaban J connectivity index is 1.91. The van der Waals surface area contributed by atoms with E-state index < -0.39 is 0 Å². The lowest BCUT2D eigenvalue weighted by molar-refractivity contribution is -0.125. The molecule has 0 aromatic rings. The van der Waals surface area contributed by atoms with E-state index in [9.17, 15) is 9.59 Å². The Kier molecular flexibility index (Phi) is 4.25. The highest BCUT2D eigenvalue weighted by Gasteiger charge is 2.31. The van der Waals surface area contributed by atoms with E-state index in [0.29, 0.717) is 25.3 Å². The van der Waals surface area contributed by atoms with E-state index in [4.69, 9.17) is 0 Å². The molecule has 2 amide bonds. The molecule has 0 saturated carbocycles. The summed E-state index contributed by atoms with van der Waals surface area (Å²) in [6, 6.07) is 0.146. The molecule has 2 fully saturated rings. The Bertz CT molecular complexity index is 322. The van der Waals surface area contributed by atoms with Crippen molar-refractivity contribution in [3.63, 3.8) is 0 Å². The first kappa shape index (κ1) is 13.4. The van der Waals surface area contributed by atoms with Crippen LogP contribution >= 0.6 is 0 Å². The van der Waals surface area contributed by atoms with Crippen LogP contribution in [-0.4, -0.2) is 47.8 Å². The monoisotopic (exact) mass is 252 g/mol. The smallest absolute Gasteiger partial charge is 0.320 e. The van der Waals surface area contributed by atoms with Crippen molar-refractivity contribution in [3.8, 4) is 0 Å². The first-order valence-corrected chi connectivity index (χ1v) is 7.18. The van der Waals surface area contributed by atoms with E-state index in [2.05, 4.69) is 6.92 Å². The minimum atomic E-state index is 0.0615. The summed E-state index contributed by atoms with van der Waals surface area (Å²) in [5.41, 5.74) is 0. The predicted octanol–water partition coefficient (Wildman–Crippen LogP) is 2.14. The maximum atomic E-state index is 12.4. The zero-order valence-corrected chi connectivity index (χ0v) is 11.5. The maximum Gasteiger partial charge on any atom is 0.320 e. The van der Waals surface area contributed by atoms with Crippen LogP contribution in [0.2, 0.25) is 0 Å². The average Bonchev–Trinajstić information content (AvgIpc) is 2.39. The van der Waals surface area contributed by atoms with Gasteiger partial charge in [0.05, 0.1) is 0 Å².